The molecule has 0 unspecified atom stereocenters. The number of hydrogen-bond donors (Lipinski definition) is 2. The molecule has 1 heterocycles. The van der Waals surface area contributed by atoms with Gasteiger partial charge in [-0.15, -0.1) is 4.83 Å². The van der Waals surface area contributed by atoms with E-state index < -0.39 is 10.0 Å². The first-order valence-electron chi connectivity index (χ1n) is 6.29. The maximum atomic E-state index is 12.4. The maximum absolute atomic E-state index is 12.4. The summed E-state index contributed by atoms with van der Waals surface area (Å²) in [5, 5.41) is 1.62. The number of benzene rings is 1. The first kappa shape index (κ1) is 15.2. The Hall–Kier alpha value is -1.19. The van der Waals surface area contributed by atoms with Crippen molar-refractivity contribution in [3.8, 4) is 5.75 Å². The first-order chi connectivity index (χ1) is 9.56. The van der Waals surface area contributed by atoms with Crippen molar-refractivity contribution in [1.29, 1.82) is 0 Å². The summed E-state index contributed by atoms with van der Waals surface area (Å²) in [4.78, 5) is 2.63. The molecule has 1 aliphatic rings. The van der Waals surface area contributed by atoms with Crippen molar-refractivity contribution in [2.24, 2.45) is 5.73 Å². The highest BCUT2D eigenvalue weighted by molar-refractivity contribution is 7.89. The number of hydrogen-bond acceptors (Lipinski definition) is 6. The number of nitrogens with two attached hydrogens (primary N) is 1. The normalized spacial score (nSPS) is 17.1. The van der Waals surface area contributed by atoms with Crippen molar-refractivity contribution in [3.05, 3.63) is 23.8 Å². The minimum absolute atomic E-state index is 0.0921. The molecule has 7 nitrogen and oxygen atoms in total. The fourth-order valence-corrected chi connectivity index (χ4v) is 3.28. The molecular weight excluding hydrogens is 282 g/mol. The van der Waals surface area contributed by atoms with Crippen LogP contribution in [0.5, 0.6) is 5.75 Å². The second-order valence-electron chi connectivity index (χ2n) is 4.38. The van der Waals surface area contributed by atoms with Crippen molar-refractivity contribution in [2.45, 2.75) is 11.4 Å². The largest absolute Gasteiger partial charge is 0.495 e. The molecule has 1 aliphatic heterocycles. The van der Waals surface area contributed by atoms with Crippen LogP contribution in [0.15, 0.2) is 23.1 Å². The van der Waals surface area contributed by atoms with E-state index in [1.54, 1.807) is 17.1 Å². The highest BCUT2D eigenvalue weighted by Crippen LogP contribution is 2.24. The Morgan fingerprint density at radius 2 is 2.10 bits per heavy atom. The molecule has 0 spiro atoms. The average molecular weight is 301 g/mol. The zero-order valence-electron chi connectivity index (χ0n) is 11.3. The summed E-state index contributed by atoms with van der Waals surface area (Å²) < 4.78 is 35.2. The summed E-state index contributed by atoms with van der Waals surface area (Å²) in [5.74, 6) is 0.294. The van der Waals surface area contributed by atoms with Gasteiger partial charge in [0.25, 0.3) is 10.0 Å². The van der Waals surface area contributed by atoms with Crippen molar-refractivity contribution in [3.63, 3.8) is 0 Å². The number of methoxy groups -OCH3 is 1. The van der Waals surface area contributed by atoms with E-state index in [-0.39, 0.29) is 11.4 Å². The number of nitrogens with one attached hydrogen (secondary N) is 1. The number of morpholine rings is 1. The Morgan fingerprint density at radius 3 is 2.70 bits per heavy atom. The van der Waals surface area contributed by atoms with Gasteiger partial charge in [0.15, 0.2) is 0 Å². The molecule has 20 heavy (non-hydrogen) atoms. The smallest absolute Gasteiger partial charge is 0.257 e. The molecule has 0 saturated carbocycles. The fourth-order valence-electron chi connectivity index (χ4n) is 1.93. The van der Waals surface area contributed by atoms with Crippen LogP contribution in [0.1, 0.15) is 5.56 Å². The molecule has 1 saturated heterocycles. The van der Waals surface area contributed by atoms with Gasteiger partial charge in [0.05, 0.1) is 20.3 Å². The summed E-state index contributed by atoms with van der Waals surface area (Å²) in [7, 11) is -2.26. The predicted molar refractivity (Wildman–Crippen MR) is 73.6 cm³/mol. The van der Waals surface area contributed by atoms with Gasteiger partial charge in [-0.05, 0) is 17.7 Å². The van der Waals surface area contributed by atoms with Gasteiger partial charge in [-0.25, -0.2) is 13.4 Å². The molecule has 1 aromatic carbocycles. The molecule has 0 amide bonds. The summed E-state index contributed by atoms with van der Waals surface area (Å²) in [6, 6.07) is 4.88. The van der Waals surface area contributed by atoms with Gasteiger partial charge >= 0.3 is 0 Å². The van der Waals surface area contributed by atoms with Gasteiger partial charge in [0.2, 0.25) is 0 Å². The Bertz CT molecular complexity index is 556. The van der Waals surface area contributed by atoms with E-state index in [0.717, 1.165) is 5.56 Å². The molecule has 0 bridgehead atoms. The molecule has 3 N–H and O–H groups in total. The Kier molecular flexibility index (Phi) is 4.95. The highest BCUT2D eigenvalue weighted by atomic mass is 32.2. The fraction of sp³-hybridized carbons (Fsp3) is 0.500. The Labute approximate surface area is 118 Å². The molecule has 0 atom stereocenters. The lowest BCUT2D eigenvalue weighted by molar-refractivity contribution is 0.0272. The molecule has 0 aromatic heterocycles. The molecule has 2 rings (SSSR count). The van der Waals surface area contributed by atoms with Crippen LogP contribution in [0.25, 0.3) is 0 Å². The predicted octanol–water partition coefficient (Wildman–Crippen LogP) is -0.321. The highest BCUT2D eigenvalue weighted by Gasteiger charge is 2.23. The van der Waals surface area contributed by atoms with Crippen LogP contribution in [-0.4, -0.2) is 46.8 Å². The summed E-state index contributed by atoms with van der Waals surface area (Å²) >= 11 is 0. The van der Waals surface area contributed by atoms with Crippen molar-refractivity contribution in [1.82, 2.24) is 9.84 Å². The number of ether oxygens (including phenoxy) is 2. The molecule has 0 aliphatic carbocycles. The van der Waals surface area contributed by atoms with Crippen LogP contribution >= 0.6 is 0 Å². The second kappa shape index (κ2) is 6.51. The molecule has 8 heteroatoms. The van der Waals surface area contributed by atoms with E-state index in [1.807, 2.05) is 0 Å². The lowest BCUT2D eigenvalue weighted by Gasteiger charge is -2.27. The second-order valence-corrected chi connectivity index (χ2v) is 6.01. The van der Waals surface area contributed by atoms with E-state index in [9.17, 15) is 8.42 Å². The lowest BCUT2D eigenvalue weighted by Crippen LogP contribution is -2.48. The van der Waals surface area contributed by atoms with Crippen LogP contribution in [0.4, 0.5) is 0 Å². The van der Waals surface area contributed by atoms with Gasteiger partial charge in [-0.2, -0.15) is 0 Å². The van der Waals surface area contributed by atoms with Crippen molar-refractivity contribution in [2.75, 3.05) is 33.4 Å². The van der Waals surface area contributed by atoms with E-state index in [1.165, 1.54) is 13.2 Å². The Balaban J connectivity index is 2.27. The summed E-state index contributed by atoms with van der Waals surface area (Å²) in [5.41, 5.74) is 6.28. The van der Waals surface area contributed by atoms with Crippen LogP contribution in [0, 0.1) is 0 Å². The third-order valence-corrected chi connectivity index (χ3v) is 4.41. The zero-order valence-corrected chi connectivity index (χ0v) is 12.1. The number of hydrazine groups is 1. The van der Waals surface area contributed by atoms with Gasteiger partial charge in [-0.1, -0.05) is 6.07 Å². The van der Waals surface area contributed by atoms with E-state index in [2.05, 4.69) is 4.83 Å². The third kappa shape index (κ3) is 3.47. The molecule has 1 aromatic rings. The molecular formula is C12H19N3O4S. The molecule has 1 fully saturated rings. The SMILES string of the molecule is COc1ccc(CN)cc1S(=O)(=O)NN1CCOCC1. The standard InChI is InChI=1S/C12H19N3O4S/c1-18-11-3-2-10(9-13)8-12(11)20(16,17)14-15-4-6-19-7-5-15/h2-3,8,14H,4-7,9,13H2,1H3. The zero-order chi connectivity index (χ0) is 14.6. The quantitative estimate of drug-likeness (QED) is 0.774. The van der Waals surface area contributed by atoms with Gasteiger partial charge in [-0.3, -0.25) is 0 Å². The lowest BCUT2D eigenvalue weighted by atomic mass is 10.2. The molecule has 0 radical (unpaired) electrons. The number of nitrogens with zero attached hydrogens (tertiary/aromatic N) is 1. The summed E-state index contributed by atoms with van der Waals surface area (Å²) in [6.07, 6.45) is 0. The van der Waals surface area contributed by atoms with Crippen LogP contribution in [0.3, 0.4) is 0 Å². The summed E-state index contributed by atoms with van der Waals surface area (Å²) in [6.45, 7) is 2.30. The maximum Gasteiger partial charge on any atom is 0.257 e. The monoisotopic (exact) mass is 301 g/mol. The molecule has 112 valence electrons. The van der Waals surface area contributed by atoms with Gasteiger partial charge in [0.1, 0.15) is 10.6 Å². The Morgan fingerprint density at radius 1 is 1.40 bits per heavy atom. The number of rotatable bonds is 5. The third-order valence-electron chi connectivity index (χ3n) is 3.01. The van der Waals surface area contributed by atoms with E-state index in [0.29, 0.717) is 32.1 Å². The van der Waals surface area contributed by atoms with Crippen molar-refractivity contribution < 1.29 is 17.9 Å². The van der Waals surface area contributed by atoms with E-state index in [4.69, 9.17) is 15.2 Å². The van der Waals surface area contributed by atoms with Crippen LogP contribution in [-0.2, 0) is 21.3 Å². The minimum Gasteiger partial charge on any atom is -0.495 e. The van der Waals surface area contributed by atoms with E-state index >= 15 is 0 Å². The average Bonchev–Trinajstić information content (AvgIpc) is 2.47. The number of sulfonamides is 1. The first-order valence-corrected chi connectivity index (χ1v) is 7.77. The van der Waals surface area contributed by atoms with Crippen LogP contribution < -0.4 is 15.3 Å². The minimum atomic E-state index is -3.70. The van der Waals surface area contributed by atoms with Gasteiger partial charge in [0, 0.05) is 19.6 Å². The van der Waals surface area contributed by atoms with Crippen LogP contribution in [0.2, 0.25) is 0 Å². The topological polar surface area (TPSA) is 93.9 Å². The van der Waals surface area contributed by atoms with Crippen molar-refractivity contribution >= 4 is 10.0 Å². The van der Waals surface area contributed by atoms with Gasteiger partial charge < -0.3 is 15.2 Å².